The zero-order valence-corrected chi connectivity index (χ0v) is 12.7. The summed E-state index contributed by atoms with van der Waals surface area (Å²) < 4.78 is 5.17. The number of halogens is 1. The largest absolute Gasteiger partial charge is 0.496 e. The van der Waals surface area contributed by atoms with Gasteiger partial charge in [0.1, 0.15) is 11.3 Å². The van der Waals surface area contributed by atoms with Crippen molar-refractivity contribution in [3.63, 3.8) is 0 Å². The molecule has 0 radical (unpaired) electrons. The molecule has 0 spiro atoms. The van der Waals surface area contributed by atoms with Crippen molar-refractivity contribution in [2.24, 2.45) is 0 Å². The van der Waals surface area contributed by atoms with Crippen molar-refractivity contribution < 1.29 is 19.4 Å². The molecule has 0 aliphatic heterocycles. The van der Waals surface area contributed by atoms with Gasteiger partial charge in [-0.2, -0.15) is 0 Å². The third-order valence-electron chi connectivity index (χ3n) is 3.32. The summed E-state index contributed by atoms with van der Waals surface area (Å²) >= 11 is 5.90. The minimum Gasteiger partial charge on any atom is -0.496 e. The number of hydrogen-bond donors (Lipinski definition) is 1. The zero-order chi connectivity index (χ0) is 15.5. The molecule has 1 rings (SSSR count). The van der Waals surface area contributed by atoms with Gasteiger partial charge < -0.3 is 14.7 Å². The number of carboxylic acids is 1. The number of ether oxygens (including phenoxy) is 1. The minimum absolute atomic E-state index is 0.0247. The highest BCUT2D eigenvalue weighted by Crippen LogP contribution is 2.24. The molecule has 0 fully saturated rings. The highest BCUT2D eigenvalue weighted by Gasteiger charge is 2.35. The number of hydrogen-bond acceptors (Lipinski definition) is 3. The first-order chi connectivity index (χ1) is 9.20. The first-order valence-corrected chi connectivity index (χ1v) is 6.40. The predicted octanol–water partition coefficient (Wildman–Crippen LogP) is 2.21. The number of carbonyl (C=O) groups excluding carboxylic acids is 1. The molecule has 0 aliphatic rings. The number of likely N-dealkylation sites (N-methyl/N-ethyl adjacent to an activating group) is 1. The molecule has 0 saturated heterocycles. The topological polar surface area (TPSA) is 66.8 Å². The van der Waals surface area contributed by atoms with Crippen LogP contribution in [0.1, 0.15) is 19.4 Å². The van der Waals surface area contributed by atoms with Gasteiger partial charge >= 0.3 is 5.97 Å². The molecule has 5 nitrogen and oxygen atoms in total. The molecule has 0 saturated carbocycles. The summed E-state index contributed by atoms with van der Waals surface area (Å²) in [4.78, 5) is 24.6. The van der Waals surface area contributed by atoms with E-state index < -0.39 is 11.5 Å². The van der Waals surface area contributed by atoms with Crippen LogP contribution in [0, 0.1) is 0 Å². The van der Waals surface area contributed by atoms with Crippen molar-refractivity contribution in [2.45, 2.75) is 25.8 Å². The second kappa shape index (κ2) is 6.13. The van der Waals surface area contributed by atoms with Gasteiger partial charge in [-0.05, 0) is 32.0 Å². The van der Waals surface area contributed by atoms with Crippen LogP contribution >= 0.6 is 11.6 Å². The van der Waals surface area contributed by atoms with E-state index in [2.05, 4.69) is 0 Å². The number of aliphatic carboxylic acids is 1. The van der Waals surface area contributed by atoms with Crippen LogP contribution in [0.15, 0.2) is 18.2 Å². The summed E-state index contributed by atoms with van der Waals surface area (Å²) in [5.41, 5.74) is -0.652. The molecule has 0 aliphatic carbocycles. The second-order valence-electron chi connectivity index (χ2n) is 4.95. The summed E-state index contributed by atoms with van der Waals surface area (Å²) in [7, 11) is 2.97. The molecule has 1 N–H and O–H groups in total. The second-order valence-corrected chi connectivity index (χ2v) is 5.39. The maximum Gasteiger partial charge on any atom is 0.329 e. The molecule has 20 heavy (non-hydrogen) atoms. The zero-order valence-electron chi connectivity index (χ0n) is 11.9. The molecule has 0 bridgehead atoms. The van der Waals surface area contributed by atoms with Gasteiger partial charge in [-0.15, -0.1) is 0 Å². The van der Waals surface area contributed by atoms with Crippen LogP contribution in [0.2, 0.25) is 5.02 Å². The molecule has 110 valence electrons. The number of carboxylic acid groups (broad SMARTS) is 1. The quantitative estimate of drug-likeness (QED) is 0.905. The van der Waals surface area contributed by atoms with Gasteiger partial charge in [0, 0.05) is 17.6 Å². The van der Waals surface area contributed by atoms with Gasteiger partial charge in [-0.3, -0.25) is 4.79 Å². The van der Waals surface area contributed by atoms with E-state index in [0.717, 1.165) is 0 Å². The Morgan fingerprint density at radius 3 is 2.50 bits per heavy atom. The maximum atomic E-state index is 12.2. The Balaban J connectivity index is 2.96. The smallest absolute Gasteiger partial charge is 0.329 e. The average molecular weight is 300 g/mol. The number of benzene rings is 1. The highest BCUT2D eigenvalue weighted by molar-refractivity contribution is 6.30. The lowest BCUT2D eigenvalue weighted by Gasteiger charge is -2.31. The SMILES string of the molecule is COc1ccc(Cl)cc1CC(=O)N(C)C(C)(C)C(=O)O. The van der Waals surface area contributed by atoms with Crippen molar-refractivity contribution in [3.8, 4) is 5.75 Å². The van der Waals surface area contributed by atoms with Crippen molar-refractivity contribution in [3.05, 3.63) is 28.8 Å². The van der Waals surface area contributed by atoms with Gasteiger partial charge in [0.05, 0.1) is 13.5 Å². The fourth-order valence-electron chi connectivity index (χ4n) is 1.62. The highest BCUT2D eigenvalue weighted by atomic mass is 35.5. The van der Waals surface area contributed by atoms with Gasteiger partial charge in [0.15, 0.2) is 0 Å². The van der Waals surface area contributed by atoms with Crippen LogP contribution in [0.3, 0.4) is 0 Å². The first kappa shape index (κ1) is 16.3. The van der Waals surface area contributed by atoms with E-state index in [9.17, 15) is 9.59 Å². The molecule has 0 unspecified atom stereocenters. The van der Waals surface area contributed by atoms with Crippen molar-refractivity contribution in [2.75, 3.05) is 14.2 Å². The Hall–Kier alpha value is -1.75. The van der Waals surface area contributed by atoms with Crippen LogP contribution in [-0.4, -0.2) is 41.6 Å². The predicted molar refractivity (Wildman–Crippen MR) is 76.2 cm³/mol. The van der Waals surface area contributed by atoms with E-state index in [1.807, 2.05) is 0 Å². The molecule has 1 aromatic carbocycles. The number of rotatable bonds is 5. The molecule has 0 heterocycles. The van der Waals surface area contributed by atoms with E-state index in [0.29, 0.717) is 16.3 Å². The Labute approximate surface area is 123 Å². The van der Waals surface area contributed by atoms with E-state index in [4.69, 9.17) is 21.4 Å². The molecule has 0 atom stereocenters. The van der Waals surface area contributed by atoms with Crippen molar-refractivity contribution in [1.29, 1.82) is 0 Å². The molecular formula is C14H18ClNO4. The van der Waals surface area contributed by atoms with E-state index >= 15 is 0 Å². The summed E-state index contributed by atoms with van der Waals surface area (Å²) in [6.07, 6.45) is 0.0247. The number of amides is 1. The lowest BCUT2D eigenvalue weighted by Crippen LogP contribution is -2.51. The normalized spacial score (nSPS) is 11.1. The Morgan fingerprint density at radius 2 is 2.00 bits per heavy atom. The van der Waals surface area contributed by atoms with E-state index in [1.165, 1.54) is 32.9 Å². The fourth-order valence-corrected chi connectivity index (χ4v) is 1.82. The lowest BCUT2D eigenvalue weighted by molar-refractivity contribution is -0.155. The number of carbonyl (C=O) groups is 2. The van der Waals surface area contributed by atoms with Crippen LogP contribution in [0.25, 0.3) is 0 Å². The Bertz CT molecular complexity index is 528. The Kier molecular flexibility index (Phi) is 5.00. The molecule has 6 heteroatoms. The third kappa shape index (κ3) is 3.42. The molecular weight excluding hydrogens is 282 g/mol. The third-order valence-corrected chi connectivity index (χ3v) is 3.56. The number of nitrogens with zero attached hydrogens (tertiary/aromatic N) is 1. The van der Waals surface area contributed by atoms with Crippen LogP contribution < -0.4 is 4.74 Å². The fraction of sp³-hybridized carbons (Fsp3) is 0.429. The van der Waals surface area contributed by atoms with Gasteiger partial charge in [0.25, 0.3) is 0 Å². The molecule has 1 amide bonds. The van der Waals surface area contributed by atoms with Gasteiger partial charge in [-0.1, -0.05) is 11.6 Å². The summed E-state index contributed by atoms with van der Waals surface area (Å²) in [5, 5.41) is 9.63. The average Bonchev–Trinajstić information content (AvgIpc) is 2.37. The van der Waals surface area contributed by atoms with Gasteiger partial charge in [-0.25, -0.2) is 4.79 Å². The van der Waals surface area contributed by atoms with Crippen LogP contribution in [-0.2, 0) is 16.0 Å². The summed E-state index contributed by atoms with van der Waals surface area (Å²) in [6.45, 7) is 2.95. The first-order valence-electron chi connectivity index (χ1n) is 6.02. The molecule has 1 aromatic rings. The lowest BCUT2D eigenvalue weighted by atomic mass is 10.0. The summed E-state index contributed by atoms with van der Waals surface area (Å²) in [5.74, 6) is -0.839. The standard InChI is InChI=1S/C14H18ClNO4/c1-14(2,13(18)19)16(3)12(17)8-9-7-10(15)5-6-11(9)20-4/h5-7H,8H2,1-4H3,(H,18,19). The van der Waals surface area contributed by atoms with Crippen molar-refractivity contribution >= 4 is 23.5 Å². The monoisotopic (exact) mass is 299 g/mol. The van der Waals surface area contributed by atoms with Crippen LogP contribution in [0.5, 0.6) is 5.75 Å². The minimum atomic E-state index is -1.27. The summed E-state index contributed by atoms with van der Waals surface area (Å²) in [6, 6.07) is 4.98. The molecule has 0 aromatic heterocycles. The Morgan fingerprint density at radius 1 is 1.40 bits per heavy atom. The van der Waals surface area contributed by atoms with Crippen molar-refractivity contribution in [1.82, 2.24) is 4.90 Å². The maximum absolute atomic E-state index is 12.2. The van der Waals surface area contributed by atoms with E-state index in [1.54, 1.807) is 18.2 Å². The van der Waals surface area contributed by atoms with Gasteiger partial charge in [0.2, 0.25) is 5.91 Å². The van der Waals surface area contributed by atoms with E-state index in [-0.39, 0.29) is 12.3 Å². The number of methoxy groups -OCH3 is 1. The van der Waals surface area contributed by atoms with Crippen LogP contribution in [0.4, 0.5) is 0 Å².